The van der Waals surface area contributed by atoms with Gasteiger partial charge in [-0.05, 0) is 42.6 Å². The molecule has 0 aliphatic carbocycles. The maximum atomic E-state index is 12.5. The number of aromatic amines is 1. The number of aromatic nitrogens is 2. The van der Waals surface area contributed by atoms with Crippen molar-refractivity contribution >= 4 is 33.7 Å². The SMILES string of the molecule is CCOC(=O)C1CCCN(C(=O)CN(C)C(=O)c2n[nH]c(C)c2Br)C1. The summed E-state index contributed by atoms with van der Waals surface area (Å²) < 4.78 is 5.64. The highest BCUT2D eigenvalue weighted by atomic mass is 79.9. The third-order valence-corrected chi connectivity index (χ3v) is 5.16. The molecule has 2 rings (SSSR count). The lowest BCUT2D eigenvalue weighted by atomic mass is 9.98. The van der Waals surface area contributed by atoms with E-state index in [0.29, 0.717) is 24.2 Å². The van der Waals surface area contributed by atoms with E-state index in [1.807, 2.05) is 0 Å². The molecule has 2 amide bonds. The fourth-order valence-electron chi connectivity index (χ4n) is 2.77. The van der Waals surface area contributed by atoms with Crippen LogP contribution < -0.4 is 0 Å². The summed E-state index contributed by atoms with van der Waals surface area (Å²) in [7, 11) is 1.56. The first-order chi connectivity index (χ1) is 11.8. The number of amides is 2. The highest BCUT2D eigenvalue weighted by Gasteiger charge is 2.30. The predicted molar refractivity (Wildman–Crippen MR) is 93.9 cm³/mol. The van der Waals surface area contributed by atoms with Crippen molar-refractivity contribution < 1.29 is 19.1 Å². The molecule has 1 aliphatic rings. The molecule has 9 heteroatoms. The van der Waals surface area contributed by atoms with Gasteiger partial charge >= 0.3 is 5.97 Å². The number of ether oxygens (including phenoxy) is 1. The summed E-state index contributed by atoms with van der Waals surface area (Å²) in [6.07, 6.45) is 1.47. The number of nitrogens with one attached hydrogen (secondary N) is 1. The highest BCUT2D eigenvalue weighted by Crippen LogP contribution is 2.20. The Bertz CT molecular complexity index is 661. The van der Waals surface area contributed by atoms with E-state index in [1.54, 1.807) is 25.8 Å². The summed E-state index contributed by atoms with van der Waals surface area (Å²) in [6.45, 7) is 4.75. The van der Waals surface area contributed by atoms with Crippen LogP contribution in [0.25, 0.3) is 0 Å². The molecule has 0 bridgehead atoms. The normalized spacial score (nSPS) is 17.3. The number of carbonyl (C=O) groups excluding carboxylic acids is 3. The molecular weight excluding hydrogens is 392 g/mol. The Hall–Kier alpha value is -1.90. The summed E-state index contributed by atoms with van der Waals surface area (Å²) in [5.74, 6) is -1.08. The Morgan fingerprint density at radius 3 is 2.76 bits per heavy atom. The molecule has 1 fully saturated rings. The zero-order valence-electron chi connectivity index (χ0n) is 14.7. The number of likely N-dealkylation sites (N-methyl/N-ethyl adjacent to an activating group) is 1. The topological polar surface area (TPSA) is 95.6 Å². The monoisotopic (exact) mass is 414 g/mol. The van der Waals surface area contributed by atoms with Crippen LogP contribution in [0.4, 0.5) is 0 Å². The Morgan fingerprint density at radius 2 is 2.16 bits per heavy atom. The molecule has 138 valence electrons. The number of esters is 1. The van der Waals surface area contributed by atoms with Gasteiger partial charge < -0.3 is 14.5 Å². The highest BCUT2D eigenvalue weighted by molar-refractivity contribution is 9.10. The van der Waals surface area contributed by atoms with Crippen molar-refractivity contribution in [2.24, 2.45) is 5.92 Å². The van der Waals surface area contributed by atoms with E-state index in [4.69, 9.17) is 4.74 Å². The summed E-state index contributed by atoms with van der Waals surface area (Å²) in [6, 6.07) is 0. The van der Waals surface area contributed by atoms with Gasteiger partial charge in [0, 0.05) is 25.8 Å². The van der Waals surface area contributed by atoms with Crippen LogP contribution in [0.2, 0.25) is 0 Å². The van der Waals surface area contributed by atoms with Gasteiger partial charge in [0.25, 0.3) is 5.91 Å². The lowest BCUT2D eigenvalue weighted by Crippen LogP contribution is -2.47. The van der Waals surface area contributed by atoms with Crippen LogP contribution in [0, 0.1) is 12.8 Å². The van der Waals surface area contributed by atoms with Crippen molar-refractivity contribution in [1.82, 2.24) is 20.0 Å². The van der Waals surface area contributed by atoms with Gasteiger partial charge in [0.05, 0.1) is 23.5 Å². The lowest BCUT2D eigenvalue weighted by Gasteiger charge is -2.32. The molecule has 8 nitrogen and oxygen atoms in total. The number of halogens is 1. The standard InChI is InChI=1S/C16H23BrN4O4/c1-4-25-16(24)11-6-5-7-21(8-11)12(22)9-20(3)15(23)14-13(17)10(2)18-19-14/h11H,4-9H2,1-3H3,(H,18,19). The smallest absolute Gasteiger partial charge is 0.310 e. The van der Waals surface area contributed by atoms with Crippen LogP contribution in [0.3, 0.4) is 0 Å². The van der Waals surface area contributed by atoms with E-state index in [2.05, 4.69) is 26.1 Å². The maximum Gasteiger partial charge on any atom is 0.310 e. The average Bonchev–Trinajstić information content (AvgIpc) is 2.93. The van der Waals surface area contributed by atoms with Crippen LogP contribution in [-0.2, 0) is 14.3 Å². The van der Waals surface area contributed by atoms with Crippen LogP contribution >= 0.6 is 15.9 Å². The fraction of sp³-hybridized carbons (Fsp3) is 0.625. The van der Waals surface area contributed by atoms with Crippen molar-refractivity contribution in [3.63, 3.8) is 0 Å². The van der Waals surface area contributed by atoms with Crippen molar-refractivity contribution in [1.29, 1.82) is 0 Å². The zero-order valence-corrected chi connectivity index (χ0v) is 16.3. The van der Waals surface area contributed by atoms with Gasteiger partial charge in [0.15, 0.2) is 5.69 Å². The Morgan fingerprint density at radius 1 is 1.44 bits per heavy atom. The van der Waals surface area contributed by atoms with Crippen LogP contribution in [0.1, 0.15) is 35.9 Å². The number of hydrogen-bond acceptors (Lipinski definition) is 5. The quantitative estimate of drug-likeness (QED) is 0.733. The molecule has 0 aromatic carbocycles. The molecule has 2 heterocycles. The molecule has 1 aliphatic heterocycles. The van der Waals surface area contributed by atoms with E-state index in [9.17, 15) is 14.4 Å². The molecule has 1 aromatic rings. The minimum atomic E-state index is -0.344. The molecule has 1 unspecified atom stereocenters. The zero-order chi connectivity index (χ0) is 18.6. The first kappa shape index (κ1) is 19.4. The van der Waals surface area contributed by atoms with Crippen molar-refractivity contribution in [2.75, 3.05) is 33.3 Å². The maximum absolute atomic E-state index is 12.5. The summed E-state index contributed by atoms with van der Waals surface area (Å²) in [5.41, 5.74) is 0.993. The first-order valence-corrected chi connectivity index (χ1v) is 9.04. The largest absolute Gasteiger partial charge is 0.466 e. The first-order valence-electron chi connectivity index (χ1n) is 8.25. The molecule has 1 saturated heterocycles. The van der Waals surface area contributed by atoms with Gasteiger partial charge in [-0.3, -0.25) is 19.5 Å². The van der Waals surface area contributed by atoms with E-state index in [-0.39, 0.29) is 35.9 Å². The average molecular weight is 415 g/mol. The van der Waals surface area contributed by atoms with E-state index >= 15 is 0 Å². The van der Waals surface area contributed by atoms with E-state index < -0.39 is 0 Å². The predicted octanol–water partition coefficient (Wildman–Crippen LogP) is 1.35. The van der Waals surface area contributed by atoms with Crippen molar-refractivity contribution in [3.05, 3.63) is 15.9 Å². The van der Waals surface area contributed by atoms with Gasteiger partial charge in [0.2, 0.25) is 5.91 Å². The molecular formula is C16H23BrN4O4. The molecule has 1 N–H and O–H groups in total. The number of hydrogen-bond donors (Lipinski definition) is 1. The summed E-state index contributed by atoms with van der Waals surface area (Å²) >= 11 is 3.31. The molecule has 25 heavy (non-hydrogen) atoms. The molecule has 0 saturated carbocycles. The number of carbonyl (C=O) groups is 3. The second kappa shape index (κ2) is 8.46. The van der Waals surface area contributed by atoms with E-state index in [0.717, 1.165) is 18.5 Å². The molecule has 0 radical (unpaired) electrons. The number of aryl methyl sites for hydroxylation is 1. The number of piperidine rings is 1. The minimum absolute atomic E-state index is 0.0628. The Labute approximate surface area is 155 Å². The second-order valence-electron chi connectivity index (χ2n) is 6.10. The van der Waals surface area contributed by atoms with Gasteiger partial charge in [-0.15, -0.1) is 0 Å². The van der Waals surface area contributed by atoms with Gasteiger partial charge in [0.1, 0.15) is 0 Å². The molecule has 1 atom stereocenters. The van der Waals surface area contributed by atoms with Crippen LogP contribution in [-0.4, -0.2) is 71.1 Å². The third-order valence-electron chi connectivity index (χ3n) is 4.19. The van der Waals surface area contributed by atoms with Gasteiger partial charge in [-0.2, -0.15) is 5.10 Å². The lowest BCUT2D eigenvalue weighted by molar-refractivity contribution is -0.151. The van der Waals surface area contributed by atoms with Crippen molar-refractivity contribution in [2.45, 2.75) is 26.7 Å². The van der Waals surface area contributed by atoms with Crippen LogP contribution in [0.15, 0.2) is 4.47 Å². The molecule has 0 spiro atoms. The summed E-state index contributed by atoms with van der Waals surface area (Å²) in [4.78, 5) is 39.8. The number of nitrogens with zero attached hydrogens (tertiary/aromatic N) is 3. The Balaban J connectivity index is 1.95. The second-order valence-corrected chi connectivity index (χ2v) is 6.90. The third kappa shape index (κ3) is 4.59. The number of likely N-dealkylation sites (tertiary alicyclic amines) is 1. The number of H-pyrrole nitrogens is 1. The molecule has 1 aromatic heterocycles. The Kier molecular flexibility index (Phi) is 6.57. The van der Waals surface area contributed by atoms with Crippen molar-refractivity contribution in [3.8, 4) is 0 Å². The van der Waals surface area contributed by atoms with Gasteiger partial charge in [-0.1, -0.05) is 0 Å². The summed E-state index contributed by atoms with van der Waals surface area (Å²) in [5, 5.41) is 6.69. The van der Waals surface area contributed by atoms with E-state index in [1.165, 1.54) is 4.90 Å². The number of rotatable bonds is 5. The minimum Gasteiger partial charge on any atom is -0.466 e. The fourth-order valence-corrected chi connectivity index (χ4v) is 3.12. The van der Waals surface area contributed by atoms with Gasteiger partial charge in [-0.25, -0.2) is 0 Å². The van der Waals surface area contributed by atoms with Crippen LogP contribution in [0.5, 0.6) is 0 Å².